The van der Waals surface area contributed by atoms with E-state index in [-0.39, 0.29) is 0 Å². The number of rotatable bonds is 3. The van der Waals surface area contributed by atoms with Gasteiger partial charge in [-0.05, 0) is 73.3 Å². The van der Waals surface area contributed by atoms with Gasteiger partial charge in [0.1, 0.15) is 0 Å². The second kappa shape index (κ2) is 12.7. The van der Waals surface area contributed by atoms with Gasteiger partial charge < -0.3 is 0 Å². The van der Waals surface area contributed by atoms with E-state index in [2.05, 4.69) is 229 Å². The van der Waals surface area contributed by atoms with Crippen molar-refractivity contribution in [2.24, 2.45) is 0 Å². The molecule has 0 fully saturated rings. The van der Waals surface area contributed by atoms with Gasteiger partial charge in [0.25, 0.3) is 0 Å². The summed E-state index contributed by atoms with van der Waals surface area (Å²) >= 11 is 0. The molecule has 3 aliphatic rings. The molecule has 3 aliphatic carbocycles. The van der Waals surface area contributed by atoms with Crippen molar-refractivity contribution in [1.29, 1.82) is 0 Å². The summed E-state index contributed by atoms with van der Waals surface area (Å²) in [6.45, 7) is 0. The lowest BCUT2D eigenvalue weighted by molar-refractivity contribution is 0.633. The van der Waals surface area contributed by atoms with Gasteiger partial charge in [0.05, 0.1) is 33.3 Å². The molecule has 2 heterocycles. The molecular formula is C60H37N3. The first-order chi connectivity index (χ1) is 31.3. The minimum atomic E-state index is -0.617. The van der Waals surface area contributed by atoms with Crippen LogP contribution in [0.5, 0.6) is 0 Å². The van der Waals surface area contributed by atoms with Crippen molar-refractivity contribution in [1.82, 2.24) is 14.5 Å². The molecule has 292 valence electrons. The van der Waals surface area contributed by atoms with E-state index >= 15 is 0 Å². The molecule has 0 unspecified atom stereocenters. The van der Waals surface area contributed by atoms with Gasteiger partial charge in [-0.1, -0.05) is 212 Å². The van der Waals surface area contributed by atoms with Crippen molar-refractivity contribution in [3.05, 3.63) is 269 Å². The standard InChI is InChI=1S/C60H37N3/c1-3-19-38(20-4-1)53-37-54(39-21-5-2-6-22-39)62-58(61-53)63-55-34-18-10-25-42(55)43-35-36-52-56(57(43)63)44-26-9-13-29-47(44)60(52)50-32-16-14-30-48(50)59(49-31-15-17-33-51(49)60)45-27-11-7-23-40(45)41-24-8-12-28-46(41)59/h1-37H. The zero-order chi connectivity index (χ0) is 41.3. The number of fused-ring (bicyclic) bond motifs is 20. The highest BCUT2D eigenvalue weighted by atomic mass is 15.2. The fraction of sp³-hybridized carbons (Fsp3) is 0.0333. The Balaban J connectivity index is 1.13. The third-order valence-electron chi connectivity index (χ3n) is 14.3. The largest absolute Gasteiger partial charge is 0.277 e. The van der Waals surface area contributed by atoms with Crippen LogP contribution in [0.1, 0.15) is 44.5 Å². The van der Waals surface area contributed by atoms with Crippen LogP contribution < -0.4 is 0 Å². The molecule has 0 N–H and O–H groups in total. The van der Waals surface area contributed by atoms with Crippen molar-refractivity contribution in [2.45, 2.75) is 10.8 Å². The van der Waals surface area contributed by atoms with E-state index in [1.807, 2.05) is 0 Å². The fourth-order valence-electron chi connectivity index (χ4n) is 12.0. The zero-order valence-electron chi connectivity index (χ0n) is 34.2. The average molecular weight is 800 g/mol. The fourth-order valence-corrected chi connectivity index (χ4v) is 12.0. The maximum Gasteiger partial charge on any atom is 0.235 e. The van der Waals surface area contributed by atoms with Crippen LogP contribution in [-0.2, 0) is 10.8 Å². The topological polar surface area (TPSA) is 30.7 Å². The summed E-state index contributed by atoms with van der Waals surface area (Å²) in [5.41, 5.74) is 20.6. The van der Waals surface area contributed by atoms with E-state index < -0.39 is 10.8 Å². The first-order valence-electron chi connectivity index (χ1n) is 21.8. The summed E-state index contributed by atoms with van der Waals surface area (Å²) in [5, 5.41) is 2.35. The zero-order valence-corrected chi connectivity index (χ0v) is 34.2. The highest BCUT2D eigenvalue weighted by Crippen LogP contribution is 2.68. The van der Waals surface area contributed by atoms with Crippen molar-refractivity contribution < 1.29 is 0 Å². The average Bonchev–Trinajstić information content (AvgIpc) is 3.97. The Hall–Kier alpha value is -8.14. The normalized spacial score (nSPS) is 14.3. The highest BCUT2D eigenvalue weighted by Gasteiger charge is 2.59. The maximum atomic E-state index is 5.47. The van der Waals surface area contributed by atoms with Crippen molar-refractivity contribution in [3.63, 3.8) is 0 Å². The van der Waals surface area contributed by atoms with Crippen LogP contribution in [0.15, 0.2) is 224 Å². The van der Waals surface area contributed by atoms with Crippen LogP contribution in [0.25, 0.3) is 72.5 Å². The smallest absolute Gasteiger partial charge is 0.235 e. The van der Waals surface area contributed by atoms with E-state index in [9.17, 15) is 0 Å². The van der Waals surface area contributed by atoms with Gasteiger partial charge >= 0.3 is 0 Å². The Morgan fingerprint density at radius 3 is 1.27 bits per heavy atom. The number of hydrogen-bond donors (Lipinski definition) is 0. The molecule has 0 bridgehead atoms. The summed E-state index contributed by atoms with van der Waals surface area (Å²) in [6.07, 6.45) is 0. The first-order valence-corrected chi connectivity index (χ1v) is 21.8. The van der Waals surface area contributed by atoms with Crippen LogP contribution in [-0.4, -0.2) is 14.5 Å². The SMILES string of the molecule is c1ccc(-c2cc(-c3ccccc3)nc(-n3c4ccccc4c4ccc5c(c43)-c3ccccc3C53c4ccccc4C4(c5ccccc5-c5ccccc54)c4ccccc43)n2)cc1. The summed E-state index contributed by atoms with van der Waals surface area (Å²) < 4.78 is 2.35. The summed E-state index contributed by atoms with van der Waals surface area (Å²) in [4.78, 5) is 10.9. The molecule has 14 rings (SSSR count). The molecule has 0 atom stereocenters. The predicted octanol–water partition coefficient (Wildman–Crippen LogP) is 13.9. The number of nitrogens with zero attached hydrogens (tertiary/aromatic N) is 3. The van der Waals surface area contributed by atoms with Gasteiger partial charge in [-0.3, -0.25) is 4.57 Å². The summed E-state index contributed by atoms with van der Waals surface area (Å²) in [5.74, 6) is 0.649. The van der Waals surface area contributed by atoms with E-state index in [4.69, 9.17) is 9.97 Å². The second-order valence-corrected chi connectivity index (χ2v) is 17.1. The van der Waals surface area contributed by atoms with Gasteiger partial charge in [0, 0.05) is 27.5 Å². The molecule has 0 saturated carbocycles. The Bertz CT molecular complexity index is 3540. The Morgan fingerprint density at radius 2 is 0.730 bits per heavy atom. The number of benzene rings is 9. The Kier molecular flexibility index (Phi) is 6.97. The van der Waals surface area contributed by atoms with Crippen molar-refractivity contribution in [3.8, 4) is 50.7 Å². The number of aromatic nitrogens is 3. The summed E-state index contributed by atoms with van der Waals surface area (Å²) in [6, 6.07) is 82.7. The van der Waals surface area contributed by atoms with Crippen LogP contribution in [0.3, 0.4) is 0 Å². The van der Waals surface area contributed by atoms with E-state index in [1.54, 1.807) is 0 Å². The Morgan fingerprint density at radius 1 is 0.317 bits per heavy atom. The lowest BCUT2D eigenvalue weighted by Gasteiger charge is -2.48. The van der Waals surface area contributed by atoms with Crippen LogP contribution in [0.4, 0.5) is 0 Å². The number of hydrogen-bond acceptors (Lipinski definition) is 2. The minimum absolute atomic E-state index is 0.498. The monoisotopic (exact) mass is 799 g/mol. The van der Waals surface area contributed by atoms with Gasteiger partial charge in [-0.25, -0.2) is 9.97 Å². The quantitative estimate of drug-likeness (QED) is 0.178. The van der Waals surface area contributed by atoms with Crippen molar-refractivity contribution >= 4 is 21.8 Å². The van der Waals surface area contributed by atoms with Gasteiger partial charge in [0.2, 0.25) is 5.95 Å². The van der Waals surface area contributed by atoms with Crippen molar-refractivity contribution in [2.75, 3.05) is 0 Å². The van der Waals surface area contributed by atoms with E-state index in [0.29, 0.717) is 5.95 Å². The molecule has 2 aromatic heterocycles. The highest BCUT2D eigenvalue weighted by molar-refractivity contribution is 6.16. The Labute approximate surface area is 365 Å². The molecular weight excluding hydrogens is 763 g/mol. The molecule has 0 aliphatic heterocycles. The lowest BCUT2D eigenvalue weighted by atomic mass is 9.52. The molecule has 11 aromatic rings. The van der Waals surface area contributed by atoms with E-state index in [1.165, 1.54) is 77.5 Å². The third-order valence-corrected chi connectivity index (χ3v) is 14.3. The van der Waals surface area contributed by atoms with Crippen LogP contribution in [0, 0.1) is 0 Å². The maximum absolute atomic E-state index is 5.47. The minimum Gasteiger partial charge on any atom is -0.277 e. The molecule has 63 heavy (non-hydrogen) atoms. The first kappa shape index (κ1) is 34.6. The molecule has 3 nitrogen and oxygen atoms in total. The van der Waals surface area contributed by atoms with Gasteiger partial charge in [-0.15, -0.1) is 0 Å². The van der Waals surface area contributed by atoms with Crippen LogP contribution >= 0.6 is 0 Å². The second-order valence-electron chi connectivity index (χ2n) is 17.1. The summed E-state index contributed by atoms with van der Waals surface area (Å²) in [7, 11) is 0. The van der Waals surface area contributed by atoms with Crippen LogP contribution in [0.2, 0.25) is 0 Å². The lowest BCUT2D eigenvalue weighted by Crippen LogP contribution is -2.43. The molecule has 3 heteroatoms. The molecule has 2 spiro atoms. The molecule has 0 radical (unpaired) electrons. The molecule has 0 saturated heterocycles. The molecule has 0 amide bonds. The number of para-hydroxylation sites is 1. The van der Waals surface area contributed by atoms with E-state index in [0.717, 1.165) is 33.5 Å². The third kappa shape index (κ3) is 4.33. The van der Waals surface area contributed by atoms with Gasteiger partial charge in [0.15, 0.2) is 0 Å². The predicted molar refractivity (Wildman–Crippen MR) is 255 cm³/mol. The van der Waals surface area contributed by atoms with Gasteiger partial charge in [-0.2, -0.15) is 0 Å². The molecule has 9 aromatic carbocycles.